The number of thiazole rings is 1. The molecule has 0 N–H and O–H groups in total. The van der Waals surface area contributed by atoms with Crippen LogP contribution in [0.3, 0.4) is 0 Å². The molecule has 23 heavy (non-hydrogen) atoms. The molecule has 6 heteroatoms. The van der Waals surface area contributed by atoms with Gasteiger partial charge in [-0.15, -0.1) is 11.3 Å². The number of hydrogen-bond acceptors (Lipinski definition) is 3. The standard InChI is InChI=1S/C17H16FN3OS/c18-13-5-3-12(4-6-13)15-2-1-7-21(15)16(22)10-14-11-20-8-9-23-17(20)19-14/h3-6,8-9,11,15H,1-2,7,10H2. The summed E-state index contributed by atoms with van der Waals surface area (Å²) in [4.78, 5) is 20.0. The van der Waals surface area contributed by atoms with Gasteiger partial charge in [0.05, 0.1) is 18.2 Å². The quantitative estimate of drug-likeness (QED) is 0.738. The molecular weight excluding hydrogens is 313 g/mol. The van der Waals surface area contributed by atoms with Gasteiger partial charge in [0.15, 0.2) is 4.96 Å². The highest BCUT2D eigenvalue weighted by Crippen LogP contribution is 2.32. The van der Waals surface area contributed by atoms with E-state index in [1.54, 1.807) is 23.5 Å². The Bertz CT molecular complexity index is 811. The van der Waals surface area contributed by atoms with Crippen molar-refractivity contribution in [3.63, 3.8) is 0 Å². The van der Waals surface area contributed by atoms with Crippen LogP contribution in [0.25, 0.3) is 4.96 Å². The first-order valence-electron chi connectivity index (χ1n) is 7.67. The Kier molecular flexibility index (Phi) is 3.61. The van der Waals surface area contributed by atoms with Crippen LogP contribution >= 0.6 is 11.3 Å². The number of nitrogens with zero attached hydrogens (tertiary/aromatic N) is 3. The minimum absolute atomic E-state index is 0.0480. The van der Waals surface area contributed by atoms with Gasteiger partial charge >= 0.3 is 0 Å². The van der Waals surface area contributed by atoms with Gasteiger partial charge in [-0.2, -0.15) is 0 Å². The zero-order chi connectivity index (χ0) is 15.8. The monoisotopic (exact) mass is 329 g/mol. The number of likely N-dealkylation sites (tertiary alicyclic amines) is 1. The summed E-state index contributed by atoms with van der Waals surface area (Å²) in [5, 5.41) is 1.97. The predicted molar refractivity (Wildman–Crippen MR) is 86.9 cm³/mol. The molecule has 1 unspecified atom stereocenters. The molecule has 118 valence electrons. The summed E-state index contributed by atoms with van der Waals surface area (Å²) in [6.07, 6.45) is 6.07. The molecule has 0 radical (unpaired) electrons. The Morgan fingerprint density at radius 2 is 2.17 bits per heavy atom. The molecule has 4 rings (SSSR count). The number of rotatable bonds is 3. The van der Waals surface area contributed by atoms with Crippen molar-refractivity contribution in [2.45, 2.75) is 25.3 Å². The number of hydrogen-bond donors (Lipinski definition) is 0. The summed E-state index contributed by atoms with van der Waals surface area (Å²) in [5.74, 6) is -0.162. The van der Waals surface area contributed by atoms with E-state index in [2.05, 4.69) is 4.98 Å². The maximum absolute atomic E-state index is 13.1. The van der Waals surface area contributed by atoms with E-state index in [1.807, 2.05) is 27.1 Å². The fourth-order valence-corrected chi connectivity index (χ4v) is 3.93. The predicted octanol–water partition coefficient (Wildman–Crippen LogP) is 3.44. The van der Waals surface area contributed by atoms with Crippen LogP contribution in [0.1, 0.15) is 30.1 Å². The molecule has 2 aromatic heterocycles. The highest BCUT2D eigenvalue weighted by Gasteiger charge is 2.30. The Morgan fingerprint density at radius 3 is 2.96 bits per heavy atom. The van der Waals surface area contributed by atoms with Crippen molar-refractivity contribution in [1.29, 1.82) is 0 Å². The maximum Gasteiger partial charge on any atom is 0.229 e. The zero-order valence-electron chi connectivity index (χ0n) is 12.5. The van der Waals surface area contributed by atoms with Crippen molar-refractivity contribution in [3.05, 3.63) is 59.1 Å². The van der Waals surface area contributed by atoms with Crippen LogP contribution in [0.5, 0.6) is 0 Å². The van der Waals surface area contributed by atoms with E-state index in [9.17, 15) is 9.18 Å². The van der Waals surface area contributed by atoms with Gasteiger partial charge in [-0.3, -0.25) is 9.20 Å². The summed E-state index contributed by atoms with van der Waals surface area (Å²) in [6, 6.07) is 6.52. The largest absolute Gasteiger partial charge is 0.335 e. The van der Waals surface area contributed by atoms with E-state index in [0.717, 1.165) is 35.6 Å². The van der Waals surface area contributed by atoms with Gasteiger partial charge in [-0.1, -0.05) is 12.1 Å². The van der Waals surface area contributed by atoms with E-state index in [1.165, 1.54) is 12.1 Å². The van der Waals surface area contributed by atoms with Gasteiger partial charge in [-0.05, 0) is 30.5 Å². The van der Waals surface area contributed by atoms with Gasteiger partial charge in [-0.25, -0.2) is 9.37 Å². The first kappa shape index (κ1) is 14.4. The molecule has 0 spiro atoms. The average Bonchev–Trinajstić information content (AvgIpc) is 3.22. The van der Waals surface area contributed by atoms with Crippen molar-refractivity contribution >= 4 is 22.2 Å². The van der Waals surface area contributed by atoms with E-state index in [0.29, 0.717) is 6.42 Å². The normalized spacial score (nSPS) is 18.0. The Hall–Kier alpha value is -2.21. The lowest BCUT2D eigenvalue weighted by atomic mass is 10.0. The Morgan fingerprint density at radius 1 is 1.35 bits per heavy atom. The number of carbonyl (C=O) groups excluding carboxylic acids is 1. The molecule has 0 saturated carbocycles. The molecule has 1 aliphatic rings. The van der Waals surface area contributed by atoms with Crippen LogP contribution < -0.4 is 0 Å². The van der Waals surface area contributed by atoms with Crippen LogP contribution in [0, 0.1) is 5.82 Å². The van der Waals surface area contributed by atoms with E-state index < -0.39 is 0 Å². The topological polar surface area (TPSA) is 37.6 Å². The van der Waals surface area contributed by atoms with Gasteiger partial charge in [0.1, 0.15) is 5.82 Å². The summed E-state index contributed by atoms with van der Waals surface area (Å²) in [5.41, 5.74) is 1.80. The fourth-order valence-electron chi connectivity index (χ4n) is 3.21. The summed E-state index contributed by atoms with van der Waals surface area (Å²) in [6.45, 7) is 0.753. The first-order chi connectivity index (χ1) is 11.2. The smallest absolute Gasteiger partial charge is 0.229 e. The Labute approximate surface area is 137 Å². The van der Waals surface area contributed by atoms with Crippen LogP contribution in [-0.4, -0.2) is 26.7 Å². The number of imidazole rings is 1. The van der Waals surface area contributed by atoms with Crippen molar-refractivity contribution in [2.24, 2.45) is 0 Å². The van der Waals surface area contributed by atoms with Crippen LogP contribution in [0.2, 0.25) is 0 Å². The minimum Gasteiger partial charge on any atom is -0.335 e. The van der Waals surface area contributed by atoms with Crippen LogP contribution in [-0.2, 0) is 11.2 Å². The molecule has 1 fully saturated rings. The van der Waals surface area contributed by atoms with Gasteiger partial charge in [0.25, 0.3) is 0 Å². The van der Waals surface area contributed by atoms with E-state index in [4.69, 9.17) is 0 Å². The fraction of sp³-hybridized carbons (Fsp3) is 0.294. The number of halogens is 1. The number of amides is 1. The molecule has 0 bridgehead atoms. The third-order valence-electron chi connectivity index (χ3n) is 4.30. The molecule has 1 amide bonds. The third kappa shape index (κ3) is 2.74. The maximum atomic E-state index is 13.1. The summed E-state index contributed by atoms with van der Waals surface area (Å²) in [7, 11) is 0. The average molecular weight is 329 g/mol. The second kappa shape index (κ2) is 5.77. The van der Waals surface area contributed by atoms with E-state index >= 15 is 0 Å². The highest BCUT2D eigenvalue weighted by molar-refractivity contribution is 7.15. The van der Waals surface area contributed by atoms with Crippen LogP contribution in [0.15, 0.2) is 42.0 Å². The van der Waals surface area contributed by atoms with Crippen LogP contribution in [0.4, 0.5) is 4.39 Å². The van der Waals surface area contributed by atoms with Gasteiger partial charge < -0.3 is 4.90 Å². The van der Waals surface area contributed by atoms with Crippen molar-refractivity contribution in [2.75, 3.05) is 6.54 Å². The number of aromatic nitrogens is 2. The van der Waals surface area contributed by atoms with Crippen molar-refractivity contribution in [3.8, 4) is 0 Å². The molecule has 0 aliphatic carbocycles. The molecule has 1 atom stereocenters. The molecule has 1 saturated heterocycles. The number of carbonyl (C=O) groups is 1. The molecular formula is C17H16FN3OS. The third-order valence-corrected chi connectivity index (χ3v) is 5.07. The highest BCUT2D eigenvalue weighted by atomic mass is 32.1. The van der Waals surface area contributed by atoms with Crippen molar-refractivity contribution in [1.82, 2.24) is 14.3 Å². The van der Waals surface area contributed by atoms with Gasteiger partial charge in [0, 0.05) is 24.3 Å². The van der Waals surface area contributed by atoms with Gasteiger partial charge in [0.2, 0.25) is 5.91 Å². The minimum atomic E-state index is -0.247. The zero-order valence-corrected chi connectivity index (χ0v) is 13.3. The number of fused-ring (bicyclic) bond motifs is 1. The second-order valence-electron chi connectivity index (χ2n) is 5.80. The van der Waals surface area contributed by atoms with Crippen molar-refractivity contribution < 1.29 is 9.18 Å². The number of benzene rings is 1. The second-order valence-corrected chi connectivity index (χ2v) is 6.67. The first-order valence-corrected chi connectivity index (χ1v) is 8.55. The SMILES string of the molecule is O=C(Cc1cn2ccsc2n1)N1CCCC1c1ccc(F)cc1. The molecule has 1 aliphatic heterocycles. The molecule has 3 heterocycles. The lowest BCUT2D eigenvalue weighted by Crippen LogP contribution is -2.31. The molecule has 4 nitrogen and oxygen atoms in total. The lowest BCUT2D eigenvalue weighted by Gasteiger charge is -2.25. The molecule has 1 aromatic carbocycles. The summed E-state index contributed by atoms with van der Waals surface area (Å²) < 4.78 is 15.0. The Balaban J connectivity index is 1.52. The molecule has 3 aromatic rings. The lowest BCUT2D eigenvalue weighted by molar-refractivity contribution is -0.131. The summed E-state index contributed by atoms with van der Waals surface area (Å²) >= 11 is 1.56. The van der Waals surface area contributed by atoms with E-state index in [-0.39, 0.29) is 17.8 Å².